The van der Waals surface area contributed by atoms with Gasteiger partial charge in [-0.15, -0.1) is 0 Å². The Bertz CT molecular complexity index is 278. The Hall–Kier alpha value is -0.360. The highest BCUT2D eigenvalue weighted by molar-refractivity contribution is 4.83. The minimum atomic E-state index is -4.06. The molecule has 3 unspecified atom stereocenters. The molecule has 0 aromatic carbocycles. The summed E-state index contributed by atoms with van der Waals surface area (Å²) >= 11 is 0. The lowest BCUT2D eigenvalue weighted by atomic mass is 9.74. The summed E-state index contributed by atoms with van der Waals surface area (Å²) < 4.78 is 54.4. The van der Waals surface area contributed by atoms with E-state index in [4.69, 9.17) is 4.74 Å². The second-order valence-corrected chi connectivity index (χ2v) is 6.15. The number of hydrogen-bond acceptors (Lipinski definition) is 2. The van der Waals surface area contributed by atoms with Gasteiger partial charge >= 0.3 is 12.3 Å². The summed E-state index contributed by atoms with van der Waals surface area (Å²) in [4.78, 5) is 0. The van der Waals surface area contributed by atoms with Crippen LogP contribution in [0.5, 0.6) is 0 Å². The number of halogens is 4. The van der Waals surface area contributed by atoms with Gasteiger partial charge in [0.15, 0.2) is 0 Å². The van der Waals surface area contributed by atoms with Crippen LogP contribution in [-0.2, 0) is 4.74 Å². The van der Waals surface area contributed by atoms with Crippen LogP contribution in [0.3, 0.4) is 0 Å². The summed E-state index contributed by atoms with van der Waals surface area (Å²) in [7, 11) is 1.75. The van der Waals surface area contributed by atoms with E-state index in [0.29, 0.717) is 17.8 Å². The van der Waals surface area contributed by atoms with Crippen LogP contribution < -0.4 is 5.32 Å². The molecule has 120 valence electrons. The van der Waals surface area contributed by atoms with Gasteiger partial charge in [-0.25, -0.2) is 8.78 Å². The average molecular weight is 299 g/mol. The largest absolute Gasteiger partial charge is 0.373 e. The van der Waals surface area contributed by atoms with Crippen molar-refractivity contribution in [2.75, 3.05) is 20.3 Å². The van der Waals surface area contributed by atoms with Crippen LogP contribution in [0.15, 0.2) is 0 Å². The lowest BCUT2D eigenvalue weighted by Crippen LogP contribution is -2.42. The Morgan fingerprint density at radius 1 is 1.15 bits per heavy atom. The molecule has 0 aromatic heterocycles. The number of alkyl halides is 4. The molecule has 0 amide bonds. The molecule has 0 bridgehead atoms. The van der Waals surface area contributed by atoms with Crippen LogP contribution in [0.4, 0.5) is 17.6 Å². The predicted octanol–water partition coefficient (Wildman–Crippen LogP) is 3.56. The molecule has 1 N–H and O–H groups in total. The van der Waals surface area contributed by atoms with Crippen molar-refractivity contribution in [2.24, 2.45) is 17.8 Å². The molecule has 0 spiro atoms. The standard InChI is InChI=1S/C14H25F4NO/c1-9-4-10(2)6-11(5-9)12(19-3)7-20-8-14(17,18)13(15)16/h9-13,19H,4-8H2,1-3H3. The first-order valence-electron chi connectivity index (χ1n) is 7.17. The highest BCUT2D eigenvalue weighted by atomic mass is 19.3. The van der Waals surface area contributed by atoms with Gasteiger partial charge in [0.2, 0.25) is 0 Å². The first-order valence-corrected chi connectivity index (χ1v) is 7.17. The Morgan fingerprint density at radius 2 is 1.70 bits per heavy atom. The molecule has 0 aliphatic heterocycles. The van der Waals surface area contributed by atoms with E-state index in [1.807, 2.05) is 0 Å². The summed E-state index contributed by atoms with van der Waals surface area (Å²) in [5.74, 6) is -2.52. The van der Waals surface area contributed by atoms with Crippen LogP contribution in [-0.4, -0.2) is 38.7 Å². The second-order valence-electron chi connectivity index (χ2n) is 6.15. The van der Waals surface area contributed by atoms with Crippen molar-refractivity contribution >= 4 is 0 Å². The van der Waals surface area contributed by atoms with Gasteiger partial charge in [-0.2, -0.15) is 8.78 Å². The maximum absolute atomic E-state index is 12.8. The molecule has 0 heterocycles. The second kappa shape index (κ2) is 7.59. The van der Waals surface area contributed by atoms with E-state index >= 15 is 0 Å². The number of ether oxygens (including phenoxy) is 1. The molecular formula is C14H25F4NO. The number of rotatable bonds is 7. The summed E-state index contributed by atoms with van der Waals surface area (Å²) in [6, 6.07) is -0.0614. The summed E-state index contributed by atoms with van der Waals surface area (Å²) in [6.45, 7) is 3.19. The number of hydrogen-bond donors (Lipinski definition) is 1. The van der Waals surface area contributed by atoms with Crippen molar-refractivity contribution in [3.05, 3.63) is 0 Å². The molecule has 1 saturated carbocycles. The summed E-state index contributed by atoms with van der Waals surface area (Å²) in [6.07, 6.45) is -0.461. The van der Waals surface area contributed by atoms with E-state index in [-0.39, 0.29) is 12.6 Å². The smallest absolute Gasteiger partial charge is 0.330 e. The van der Waals surface area contributed by atoms with Gasteiger partial charge in [-0.3, -0.25) is 0 Å². The van der Waals surface area contributed by atoms with Gasteiger partial charge in [0.05, 0.1) is 6.61 Å². The fourth-order valence-corrected chi connectivity index (χ4v) is 3.18. The highest BCUT2D eigenvalue weighted by Gasteiger charge is 2.41. The van der Waals surface area contributed by atoms with E-state index < -0.39 is 19.0 Å². The van der Waals surface area contributed by atoms with Gasteiger partial charge in [0.25, 0.3) is 0 Å². The molecule has 2 nitrogen and oxygen atoms in total. The van der Waals surface area contributed by atoms with Crippen molar-refractivity contribution in [2.45, 2.75) is 51.5 Å². The molecular weight excluding hydrogens is 274 g/mol. The van der Waals surface area contributed by atoms with Crippen molar-refractivity contribution in [1.29, 1.82) is 0 Å². The highest BCUT2D eigenvalue weighted by Crippen LogP contribution is 2.34. The van der Waals surface area contributed by atoms with E-state index in [1.165, 1.54) is 6.42 Å². The third kappa shape index (κ3) is 5.20. The Labute approximate surface area is 118 Å². The van der Waals surface area contributed by atoms with Crippen LogP contribution in [0.1, 0.15) is 33.1 Å². The molecule has 3 atom stereocenters. The molecule has 0 radical (unpaired) electrons. The minimum absolute atomic E-state index is 0.0446. The Morgan fingerprint density at radius 3 is 2.15 bits per heavy atom. The van der Waals surface area contributed by atoms with E-state index in [0.717, 1.165) is 12.8 Å². The molecule has 1 aliphatic carbocycles. The molecule has 1 rings (SSSR count). The minimum Gasteiger partial charge on any atom is -0.373 e. The molecule has 1 fully saturated rings. The molecule has 1 aliphatic rings. The molecule has 6 heteroatoms. The maximum Gasteiger partial charge on any atom is 0.330 e. The average Bonchev–Trinajstić information content (AvgIpc) is 2.33. The fourth-order valence-electron chi connectivity index (χ4n) is 3.18. The Balaban J connectivity index is 2.43. The fraction of sp³-hybridized carbons (Fsp3) is 1.00. The topological polar surface area (TPSA) is 21.3 Å². The lowest BCUT2D eigenvalue weighted by molar-refractivity contribution is -0.168. The SMILES string of the molecule is CNC(COCC(F)(F)C(F)F)C1CC(C)CC(C)C1. The zero-order chi connectivity index (χ0) is 15.3. The van der Waals surface area contributed by atoms with Gasteiger partial charge in [-0.05, 0) is 44.1 Å². The normalized spacial score (nSPS) is 29.7. The molecule has 0 aromatic rings. The van der Waals surface area contributed by atoms with Gasteiger partial charge in [-0.1, -0.05) is 13.8 Å². The van der Waals surface area contributed by atoms with Crippen molar-refractivity contribution in [1.82, 2.24) is 5.32 Å². The van der Waals surface area contributed by atoms with Crippen molar-refractivity contribution in [3.8, 4) is 0 Å². The van der Waals surface area contributed by atoms with E-state index in [9.17, 15) is 17.6 Å². The Kier molecular flexibility index (Phi) is 6.72. The maximum atomic E-state index is 12.8. The first-order chi connectivity index (χ1) is 9.26. The van der Waals surface area contributed by atoms with Crippen LogP contribution in [0, 0.1) is 17.8 Å². The van der Waals surface area contributed by atoms with E-state index in [2.05, 4.69) is 19.2 Å². The molecule has 0 saturated heterocycles. The van der Waals surface area contributed by atoms with Crippen LogP contribution >= 0.6 is 0 Å². The van der Waals surface area contributed by atoms with Gasteiger partial charge in [0, 0.05) is 6.04 Å². The third-order valence-electron chi connectivity index (χ3n) is 4.07. The zero-order valence-corrected chi connectivity index (χ0v) is 12.3. The summed E-state index contributed by atoms with van der Waals surface area (Å²) in [5, 5.41) is 3.07. The summed E-state index contributed by atoms with van der Waals surface area (Å²) in [5.41, 5.74) is 0. The van der Waals surface area contributed by atoms with Crippen LogP contribution in [0.2, 0.25) is 0 Å². The quantitative estimate of drug-likeness (QED) is 0.726. The van der Waals surface area contributed by atoms with Gasteiger partial charge in [0.1, 0.15) is 6.61 Å². The molecule has 20 heavy (non-hydrogen) atoms. The van der Waals surface area contributed by atoms with Crippen molar-refractivity contribution in [3.63, 3.8) is 0 Å². The van der Waals surface area contributed by atoms with Gasteiger partial charge < -0.3 is 10.1 Å². The predicted molar refractivity (Wildman–Crippen MR) is 70.3 cm³/mol. The number of nitrogens with one attached hydrogen (secondary N) is 1. The van der Waals surface area contributed by atoms with Crippen LogP contribution in [0.25, 0.3) is 0 Å². The zero-order valence-electron chi connectivity index (χ0n) is 12.3. The van der Waals surface area contributed by atoms with Crippen molar-refractivity contribution < 1.29 is 22.3 Å². The van der Waals surface area contributed by atoms with E-state index in [1.54, 1.807) is 7.05 Å². The lowest BCUT2D eigenvalue weighted by Gasteiger charge is -2.36. The monoisotopic (exact) mass is 299 g/mol. The first kappa shape index (κ1) is 17.7. The number of likely N-dealkylation sites (N-methyl/N-ethyl adjacent to an activating group) is 1. The third-order valence-corrected chi connectivity index (χ3v) is 4.07.